The number of hydrogen-bond acceptors (Lipinski definition) is 3. The van der Waals surface area contributed by atoms with Crippen LogP contribution in [0.15, 0.2) is 53.7 Å². The topological polar surface area (TPSA) is 41.6 Å². The van der Waals surface area contributed by atoms with E-state index in [1.54, 1.807) is 24.3 Å². The minimum Gasteiger partial charge on any atom is -0.494 e. The third-order valence-electron chi connectivity index (χ3n) is 4.75. The lowest BCUT2D eigenvalue weighted by Crippen LogP contribution is -2.47. The molecule has 0 saturated heterocycles. The molecular weight excluding hydrogens is 415 g/mol. The maximum Gasteiger partial charge on any atom is 0.193 e. The molecule has 1 aliphatic heterocycles. The van der Waals surface area contributed by atoms with Gasteiger partial charge in [0.1, 0.15) is 0 Å². The van der Waals surface area contributed by atoms with E-state index >= 15 is 0 Å². The Hall–Kier alpha value is -2.08. The fourth-order valence-corrected chi connectivity index (χ4v) is 4.43. The summed E-state index contributed by atoms with van der Waals surface area (Å²) in [5, 5.41) is 4.58. The summed E-state index contributed by atoms with van der Waals surface area (Å²) >= 11 is 18.2. The molecule has 0 fully saturated rings. The molecule has 0 amide bonds. The van der Waals surface area contributed by atoms with Crippen molar-refractivity contribution in [1.82, 2.24) is 10.2 Å². The highest BCUT2D eigenvalue weighted by molar-refractivity contribution is 7.80. The van der Waals surface area contributed by atoms with Crippen molar-refractivity contribution in [3.8, 4) is 5.75 Å². The number of hydrogen-bond donors (Lipinski definition) is 1. The van der Waals surface area contributed by atoms with Crippen molar-refractivity contribution in [2.24, 2.45) is 0 Å². The first-order valence-corrected chi connectivity index (χ1v) is 9.96. The minimum atomic E-state index is -0.469. The quantitative estimate of drug-likeness (QED) is 0.503. The first-order chi connectivity index (χ1) is 13.4. The van der Waals surface area contributed by atoms with Gasteiger partial charge in [0.25, 0.3) is 0 Å². The predicted molar refractivity (Wildman–Crippen MR) is 117 cm³/mol. The van der Waals surface area contributed by atoms with Gasteiger partial charge >= 0.3 is 0 Å². The van der Waals surface area contributed by atoms with Crippen LogP contribution < -0.4 is 10.1 Å². The molecule has 28 heavy (non-hydrogen) atoms. The SMILES string of the molecule is CCN1C(=S)NC(c2cc(Cl)c(OC)c(Cl)c2)C(C(=O)c2ccccc2)=C1C. The average Bonchev–Trinajstić information content (AvgIpc) is 2.68. The van der Waals surface area contributed by atoms with Crippen LogP contribution in [0.2, 0.25) is 10.0 Å². The fraction of sp³-hybridized carbons (Fsp3) is 0.238. The van der Waals surface area contributed by atoms with Gasteiger partial charge in [-0.3, -0.25) is 4.79 Å². The van der Waals surface area contributed by atoms with Gasteiger partial charge in [0.2, 0.25) is 0 Å². The molecule has 1 atom stereocenters. The number of ketones is 1. The number of allylic oxidation sites excluding steroid dienone is 1. The van der Waals surface area contributed by atoms with Gasteiger partial charge in [-0.2, -0.15) is 0 Å². The molecule has 146 valence electrons. The molecule has 0 aromatic heterocycles. The highest BCUT2D eigenvalue weighted by Gasteiger charge is 2.34. The van der Waals surface area contributed by atoms with Crippen LogP contribution in [0.25, 0.3) is 0 Å². The summed E-state index contributed by atoms with van der Waals surface area (Å²) in [5.74, 6) is 0.330. The third-order valence-corrected chi connectivity index (χ3v) is 5.65. The van der Waals surface area contributed by atoms with Crippen molar-refractivity contribution in [1.29, 1.82) is 0 Å². The molecule has 0 spiro atoms. The highest BCUT2D eigenvalue weighted by atomic mass is 35.5. The largest absolute Gasteiger partial charge is 0.494 e. The zero-order valence-corrected chi connectivity index (χ0v) is 18.1. The van der Waals surface area contributed by atoms with Crippen molar-refractivity contribution < 1.29 is 9.53 Å². The van der Waals surface area contributed by atoms with Crippen molar-refractivity contribution >= 4 is 46.3 Å². The summed E-state index contributed by atoms with van der Waals surface area (Å²) in [7, 11) is 1.51. The van der Waals surface area contributed by atoms with Gasteiger partial charge in [-0.15, -0.1) is 0 Å². The Bertz CT molecular complexity index is 937. The van der Waals surface area contributed by atoms with E-state index in [4.69, 9.17) is 40.2 Å². The number of carbonyl (C=O) groups is 1. The van der Waals surface area contributed by atoms with Crippen LogP contribution in [0.5, 0.6) is 5.75 Å². The molecule has 3 rings (SSSR count). The van der Waals surface area contributed by atoms with Gasteiger partial charge in [-0.25, -0.2) is 0 Å². The summed E-state index contributed by atoms with van der Waals surface area (Å²) in [6.45, 7) is 4.55. The Morgan fingerprint density at radius 3 is 2.36 bits per heavy atom. The lowest BCUT2D eigenvalue weighted by atomic mass is 9.89. The summed E-state index contributed by atoms with van der Waals surface area (Å²) < 4.78 is 5.24. The lowest BCUT2D eigenvalue weighted by Gasteiger charge is -2.37. The maximum atomic E-state index is 13.4. The standard InChI is InChI=1S/C21H20Cl2N2O2S/c1-4-25-12(2)17(19(26)13-8-6-5-7-9-13)18(24-21(25)28)14-10-15(22)20(27-3)16(23)11-14/h5-11,18H,4H2,1-3H3,(H,24,28). The normalized spacial score (nSPS) is 16.8. The summed E-state index contributed by atoms with van der Waals surface area (Å²) in [4.78, 5) is 15.3. The van der Waals surface area contributed by atoms with Gasteiger partial charge in [-0.1, -0.05) is 53.5 Å². The van der Waals surface area contributed by atoms with Crippen molar-refractivity contribution in [3.05, 3.63) is 74.9 Å². The highest BCUT2D eigenvalue weighted by Crippen LogP contribution is 2.39. The molecular formula is C21H20Cl2N2O2S. The van der Waals surface area contributed by atoms with E-state index in [0.717, 1.165) is 11.3 Å². The second kappa shape index (κ2) is 8.52. The molecule has 1 unspecified atom stereocenters. The smallest absolute Gasteiger partial charge is 0.193 e. The number of rotatable bonds is 5. The Balaban J connectivity index is 2.17. The number of thiocarbonyl (C=S) groups is 1. The Labute approximate surface area is 180 Å². The molecule has 0 bridgehead atoms. The lowest BCUT2D eigenvalue weighted by molar-refractivity contribution is 0.102. The number of nitrogens with one attached hydrogen (secondary N) is 1. The minimum absolute atomic E-state index is 0.0698. The first kappa shape index (κ1) is 20.6. The van der Waals surface area contributed by atoms with Gasteiger partial charge < -0.3 is 15.0 Å². The van der Waals surface area contributed by atoms with Gasteiger partial charge in [-0.05, 0) is 43.8 Å². The molecule has 1 aliphatic rings. The van der Waals surface area contributed by atoms with Crippen molar-refractivity contribution in [2.75, 3.05) is 13.7 Å². The van der Waals surface area contributed by atoms with E-state index in [1.807, 2.05) is 36.9 Å². The van der Waals surface area contributed by atoms with E-state index in [9.17, 15) is 4.79 Å². The Kier molecular flexibility index (Phi) is 6.28. The Morgan fingerprint density at radius 1 is 1.21 bits per heavy atom. The molecule has 2 aromatic rings. The average molecular weight is 435 g/mol. The molecule has 7 heteroatoms. The van der Waals surface area contributed by atoms with E-state index in [0.29, 0.717) is 38.6 Å². The molecule has 0 radical (unpaired) electrons. The molecule has 1 N–H and O–H groups in total. The second-order valence-electron chi connectivity index (χ2n) is 6.34. The zero-order chi connectivity index (χ0) is 20.4. The van der Waals surface area contributed by atoms with Crippen LogP contribution in [-0.4, -0.2) is 29.5 Å². The molecule has 0 aliphatic carbocycles. The van der Waals surface area contributed by atoms with Crippen LogP contribution >= 0.6 is 35.4 Å². The van der Waals surface area contributed by atoms with Crippen LogP contribution in [0.4, 0.5) is 0 Å². The van der Waals surface area contributed by atoms with Gasteiger partial charge in [0.15, 0.2) is 16.6 Å². The molecule has 2 aromatic carbocycles. The molecule has 0 saturated carbocycles. The number of halogens is 2. The first-order valence-electron chi connectivity index (χ1n) is 8.80. The monoisotopic (exact) mass is 434 g/mol. The van der Waals surface area contributed by atoms with E-state index < -0.39 is 6.04 Å². The fourth-order valence-electron chi connectivity index (χ4n) is 3.39. The predicted octanol–water partition coefficient (Wildman–Crippen LogP) is 5.41. The Morgan fingerprint density at radius 2 is 1.82 bits per heavy atom. The number of nitrogens with zero attached hydrogens (tertiary/aromatic N) is 1. The zero-order valence-electron chi connectivity index (χ0n) is 15.8. The number of ether oxygens (including phenoxy) is 1. The van der Waals surface area contributed by atoms with Crippen molar-refractivity contribution in [2.45, 2.75) is 19.9 Å². The number of methoxy groups -OCH3 is 1. The molecule has 4 nitrogen and oxygen atoms in total. The second-order valence-corrected chi connectivity index (χ2v) is 7.54. The van der Waals surface area contributed by atoms with E-state index in [-0.39, 0.29) is 5.78 Å². The maximum absolute atomic E-state index is 13.4. The van der Waals surface area contributed by atoms with E-state index in [1.165, 1.54) is 7.11 Å². The molecule has 1 heterocycles. The summed E-state index contributed by atoms with van der Waals surface area (Å²) in [6.07, 6.45) is 0. The van der Waals surface area contributed by atoms with Crippen LogP contribution in [0, 0.1) is 0 Å². The number of benzene rings is 2. The van der Waals surface area contributed by atoms with Crippen LogP contribution in [0.1, 0.15) is 35.8 Å². The summed E-state index contributed by atoms with van der Waals surface area (Å²) in [5.41, 5.74) is 2.78. The van der Waals surface area contributed by atoms with Crippen LogP contribution in [-0.2, 0) is 0 Å². The van der Waals surface area contributed by atoms with E-state index in [2.05, 4.69) is 5.32 Å². The third kappa shape index (κ3) is 3.75. The summed E-state index contributed by atoms with van der Waals surface area (Å²) in [6, 6.07) is 12.2. The number of carbonyl (C=O) groups excluding carboxylic acids is 1. The van der Waals surface area contributed by atoms with Crippen molar-refractivity contribution in [3.63, 3.8) is 0 Å². The number of Topliss-reactive ketones (excluding diaryl/α,β-unsaturated/α-hetero) is 1. The van der Waals surface area contributed by atoms with Gasteiger partial charge in [0, 0.05) is 23.4 Å². The van der Waals surface area contributed by atoms with Gasteiger partial charge in [0.05, 0.1) is 23.2 Å². The van der Waals surface area contributed by atoms with Crippen LogP contribution in [0.3, 0.4) is 0 Å².